The summed E-state index contributed by atoms with van der Waals surface area (Å²) in [7, 11) is 0. The molecule has 14 nitrogen and oxygen atoms in total. The topological polar surface area (TPSA) is 186 Å². The van der Waals surface area contributed by atoms with Gasteiger partial charge in [0, 0.05) is 28.3 Å². The minimum atomic E-state index is -1.32. The molecule has 7 rings (SSSR count). The Kier molecular flexibility index (Phi) is 22.0. The van der Waals surface area contributed by atoms with Gasteiger partial charge in [0.2, 0.25) is 23.6 Å². The van der Waals surface area contributed by atoms with Crippen LogP contribution < -0.4 is 18.9 Å². The number of hydrogen-bond donors (Lipinski definition) is 1. The highest BCUT2D eigenvalue weighted by Gasteiger charge is 2.19. The van der Waals surface area contributed by atoms with Crippen LogP contribution in [-0.2, 0) is 0 Å². The molecule has 0 fully saturated rings. The highest BCUT2D eigenvalue weighted by Crippen LogP contribution is 2.30. The number of benzene rings is 5. The number of carbonyl (C=O) groups is 3. The molecule has 0 spiro atoms. The lowest BCUT2D eigenvalue weighted by atomic mass is 10.1. The number of ether oxygens (including phenoxy) is 4. The average Bonchev–Trinajstić information content (AvgIpc) is 4.14. The first-order chi connectivity index (χ1) is 36.8. The van der Waals surface area contributed by atoms with Gasteiger partial charge in [0.15, 0.2) is 0 Å². The molecule has 0 aliphatic heterocycles. The maximum Gasteiger partial charge on any atom is 0.343 e. The van der Waals surface area contributed by atoms with Gasteiger partial charge in [0.05, 0.1) is 29.9 Å². The van der Waals surface area contributed by atoms with Gasteiger partial charge in [-0.2, -0.15) is 0 Å². The SMILES string of the molecule is CCCCCCCCCCCCOc1ccc(-c2nnc(-c3ccc(C(=O)Oc4cc(OC(=O)c5ccc(-c6nnc(-c7ccc(OCCCCCCCCCCCC)cc7)o6)cc5)cc(C(=O)O)c4)cc3)o2)cc1. The molecular formula is C61H70N4O10. The molecule has 0 atom stereocenters. The summed E-state index contributed by atoms with van der Waals surface area (Å²) >= 11 is 0. The molecule has 14 heteroatoms. The second-order valence-corrected chi connectivity index (χ2v) is 18.9. The van der Waals surface area contributed by atoms with Crippen molar-refractivity contribution in [2.45, 2.75) is 142 Å². The van der Waals surface area contributed by atoms with Crippen LogP contribution in [0.15, 0.2) is 124 Å². The van der Waals surface area contributed by atoms with E-state index in [0.29, 0.717) is 36.1 Å². The van der Waals surface area contributed by atoms with E-state index >= 15 is 0 Å². The van der Waals surface area contributed by atoms with E-state index in [2.05, 4.69) is 34.2 Å². The number of unbranched alkanes of at least 4 members (excludes halogenated alkanes) is 18. The zero-order valence-corrected chi connectivity index (χ0v) is 43.4. The first kappa shape index (κ1) is 55.1. The van der Waals surface area contributed by atoms with E-state index in [1.54, 1.807) is 24.3 Å². The Morgan fingerprint density at radius 2 is 0.667 bits per heavy atom. The third-order valence-corrected chi connectivity index (χ3v) is 12.9. The highest BCUT2D eigenvalue weighted by atomic mass is 16.5. The fourth-order valence-corrected chi connectivity index (χ4v) is 8.50. The summed E-state index contributed by atoms with van der Waals surface area (Å²) in [4.78, 5) is 38.6. The zero-order chi connectivity index (χ0) is 52.5. The van der Waals surface area contributed by atoms with Gasteiger partial charge < -0.3 is 32.9 Å². The predicted octanol–water partition coefficient (Wildman–Crippen LogP) is 15.9. The molecule has 0 aliphatic rings. The maximum atomic E-state index is 13.3. The van der Waals surface area contributed by atoms with Crippen molar-refractivity contribution in [3.8, 4) is 68.8 Å². The normalized spacial score (nSPS) is 11.1. The number of hydrogen-bond acceptors (Lipinski definition) is 13. The first-order valence-corrected chi connectivity index (χ1v) is 26.9. The van der Waals surface area contributed by atoms with Crippen LogP contribution in [0, 0.1) is 0 Å². The summed E-state index contributed by atoms with van der Waals surface area (Å²) in [6.45, 7) is 5.84. The van der Waals surface area contributed by atoms with E-state index in [0.717, 1.165) is 35.5 Å². The number of aromatic nitrogens is 4. The predicted molar refractivity (Wildman–Crippen MR) is 288 cm³/mol. The number of carboxylic acids is 1. The molecule has 5 aromatic carbocycles. The van der Waals surface area contributed by atoms with Crippen LogP contribution in [-0.4, -0.2) is 56.6 Å². The standard InChI is InChI=1S/C61H70N4O10/c1-3-5-7-9-11-13-15-17-19-21-39-70-51-35-31-46(32-36-51)57-64-62-55(74-57)44-23-27-48(28-24-44)60(68)72-53-41-50(59(66)67)42-54(43-53)73-61(69)49-29-25-45(26-30-49)56-63-65-58(75-56)47-33-37-52(38-34-47)71-40-22-20-18-16-14-12-10-8-6-4-2/h23-38,41-43H,3-22,39-40H2,1-2H3,(H,66,67). The molecule has 394 valence electrons. The number of carbonyl (C=O) groups excluding carboxylic acids is 2. The lowest BCUT2D eigenvalue weighted by molar-refractivity contribution is 0.0680. The van der Waals surface area contributed by atoms with E-state index in [9.17, 15) is 19.5 Å². The molecule has 75 heavy (non-hydrogen) atoms. The lowest BCUT2D eigenvalue weighted by Gasteiger charge is -2.10. The van der Waals surface area contributed by atoms with Crippen LogP contribution in [0.4, 0.5) is 0 Å². The molecule has 0 saturated heterocycles. The van der Waals surface area contributed by atoms with E-state index in [1.165, 1.54) is 158 Å². The van der Waals surface area contributed by atoms with Crippen molar-refractivity contribution in [2.24, 2.45) is 0 Å². The minimum absolute atomic E-state index is 0.141. The van der Waals surface area contributed by atoms with Crippen molar-refractivity contribution in [1.82, 2.24) is 20.4 Å². The van der Waals surface area contributed by atoms with Crippen molar-refractivity contribution in [1.29, 1.82) is 0 Å². The molecule has 0 bridgehead atoms. The zero-order valence-electron chi connectivity index (χ0n) is 43.4. The summed E-state index contributed by atoms with van der Waals surface area (Å²) in [6, 6.07) is 31.3. The summed E-state index contributed by atoms with van der Waals surface area (Å²) in [5, 5.41) is 26.6. The largest absolute Gasteiger partial charge is 0.494 e. The molecule has 0 aliphatic carbocycles. The van der Waals surface area contributed by atoms with Crippen molar-refractivity contribution < 1.29 is 47.3 Å². The molecule has 0 saturated carbocycles. The van der Waals surface area contributed by atoms with Gasteiger partial charge >= 0.3 is 17.9 Å². The molecule has 0 amide bonds. The van der Waals surface area contributed by atoms with Gasteiger partial charge in [-0.1, -0.05) is 129 Å². The van der Waals surface area contributed by atoms with Crippen LogP contribution in [0.5, 0.6) is 23.0 Å². The Morgan fingerprint density at radius 1 is 0.373 bits per heavy atom. The first-order valence-electron chi connectivity index (χ1n) is 26.9. The Hall–Kier alpha value is -7.61. The quantitative estimate of drug-likeness (QED) is 0.0233. The van der Waals surface area contributed by atoms with Crippen LogP contribution in [0.25, 0.3) is 45.8 Å². The number of esters is 2. The van der Waals surface area contributed by atoms with Crippen LogP contribution in [0.1, 0.15) is 173 Å². The fourth-order valence-electron chi connectivity index (χ4n) is 8.50. The summed E-state index contributed by atoms with van der Waals surface area (Å²) in [5.41, 5.74) is 2.68. The number of carboxylic acid groups (broad SMARTS) is 1. The Labute approximate surface area is 440 Å². The molecule has 2 aromatic heterocycles. The van der Waals surface area contributed by atoms with Crippen molar-refractivity contribution >= 4 is 17.9 Å². The Bertz CT molecular complexity index is 2640. The van der Waals surface area contributed by atoms with E-state index in [4.69, 9.17) is 27.8 Å². The lowest BCUT2D eigenvalue weighted by Crippen LogP contribution is -2.11. The van der Waals surface area contributed by atoms with Crippen molar-refractivity contribution in [3.05, 3.63) is 132 Å². The molecular weight excluding hydrogens is 949 g/mol. The maximum absolute atomic E-state index is 13.3. The summed E-state index contributed by atoms with van der Waals surface area (Å²) in [5.74, 6) is -0.423. The monoisotopic (exact) mass is 1020 g/mol. The minimum Gasteiger partial charge on any atom is -0.494 e. The highest BCUT2D eigenvalue weighted by molar-refractivity contribution is 5.94. The summed E-state index contributed by atoms with van der Waals surface area (Å²) in [6.07, 6.45) is 25.4. The third kappa shape index (κ3) is 17.8. The third-order valence-electron chi connectivity index (χ3n) is 12.9. The Balaban J connectivity index is 0.852. The van der Waals surface area contributed by atoms with Crippen LogP contribution in [0.2, 0.25) is 0 Å². The van der Waals surface area contributed by atoms with Gasteiger partial charge in [0.1, 0.15) is 23.0 Å². The van der Waals surface area contributed by atoms with E-state index in [1.807, 2.05) is 48.5 Å². The van der Waals surface area contributed by atoms with E-state index < -0.39 is 17.9 Å². The summed E-state index contributed by atoms with van der Waals surface area (Å²) < 4.78 is 34.9. The van der Waals surface area contributed by atoms with Crippen LogP contribution in [0.3, 0.4) is 0 Å². The van der Waals surface area contributed by atoms with Gasteiger partial charge in [-0.15, -0.1) is 20.4 Å². The molecule has 0 unspecified atom stereocenters. The number of aromatic carboxylic acids is 1. The van der Waals surface area contributed by atoms with Crippen molar-refractivity contribution in [2.75, 3.05) is 13.2 Å². The molecule has 7 aromatic rings. The smallest absolute Gasteiger partial charge is 0.343 e. The Morgan fingerprint density at radius 3 is 0.973 bits per heavy atom. The molecule has 1 N–H and O–H groups in total. The molecule has 0 radical (unpaired) electrons. The van der Waals surface area contributed by atoms with Crippen LogP contribution >= 0.6 is 0 Å². The average molecular weight is 1020 g/mol. The second kappa shape index (κ2) is 29.9. The fraction of sp³-hybridized carbons (Fsp3) is 0.393. The molecule has 2 heterocycles. The van der Waals surface area contributed by atoms with Gasteiger partial charge in [-0.3, -0.25) is 0 Å². The van der Waals surface area contributed by atoms with Crippen molar-refractivity contribution in [3.63, 3.8) is 0 Å². The number of nitrogens with zero attached hydrogens (tertiary/aromatic N) is 4. The second-order valence-electron chi connectivity index (χ2n) is 18.9. The van der Waals surface area contributed by atoms with E-state index in [-0.39, 0.29) is 40.0 Å². The van der Waals surface area contributed by atoms with Gasteiger partial charge in [0.25, 0.3) is 0 Å². The number of rotatable bonds is 33. The van der Waals surface area contributed by atoms with Gasteiger partial charge in [-0.25, -0.2) is 14.4 Å². The van der Waals surface area contributed by atoms with Gasteiger partial charge in [-0.05, 0) is 122 Å².